The SMILES string of the molecule is CCN(CCN1CCCCCC1)c1ccccc1. The fourth-order valence-corrected chi connectivity index (χ4v) is 2.73. The summed E-state index contributed by atoms with van der Waals surface area (Å²) in [6, 6.07) is 10.8. The highest BCUT2D eigenvalue weighted by atomic mass is 15.2. The van der Waals surface area contributed by atoms with E-state index < -0.39 is 0 Å². The fraction of sp³-hybridized carbons (Fsp3) is 0.625. The van der Waals surface area contributed by atoms with Crippen LogP contribution in [-0.4, -0.2) is 37.6 Å². The molecule has 0 unspecified atom stereocenters. The van der Waals surface area contributed by atoms with Gasteiger partial charge in [-0.1, -0.05) is 31.0 Å². The predicted octanol–water partition coefficient (Wildman–Crippen LogP) is 3.39. The molecule has 1 aromatic rings. The third-order valence-electron chi connectivity index (χ3n) is 3.89. The molecule has 1 aliphatic heterocycles. The molecule has 18 heavy (non-hydrogen) atoms. The Morgan fingerprint density at radius 3 is 2.28 bits per heavy atom. The zero-order valence-electron chi connectivity index (χ0n) is 11.6. The second kappa shape index (κ2) is 7.42. The maximum absolute atomic E-state index is 2.64. The van der Waals surface area contributed by atoms with Crippen molar-refractivity contribution in [1.82, 2.24) is 4.90 Å². The number of hydrogen-bond donors (Lipinski definition) is 0. The lowest BCUT2D eigenvalue weighted by molar-refractivity contribution is 0.291. The van der Waals surface area contributed by atoms with Crippen molar-refractivity contribution in [3.05, 3.63) is 30.3 Å². The number of anilines is 1. The number of likely N-dealkylation sites (tertiary alicyclic amines) is 1. The summed E-state index contributed by atoms with van der Waals surface area (Å²) in [7, 11) is 0. The average Bonchev–Trinajstić information content (AvgIpc) is 2.69. The minimum atomic E-state index is 1.10. The Labute approximate surface area is 112 Å². The van der Waals surface area contributed by atoms with Gasteiger partial charge in [-0.2, -0.15) is 0 Å². The zero-order valence-corrected chi connectivity index (χ0v) is 11.6. The fourth-order valence-electron chi connectivity index (χ4n) is 2.73. The molecule has 0 aliphatic carbocycles. The molecule has 0 amide bonds. The molecule has 0 N–H and O–H groups in total. The van der Waals surface area contributed by atoms with Gasteiger partial charge in [-0.05, 0) is 45.0 Å². The highest BCUT2D eigenvalue weighted by Gasteiger charge is 2.10. The largest absolute Gasteiger partial charge is 0.371 e. The first-order valence-electron chi connectivity index (χ1n) is 7.42. The molecule has 100 valence electrons. The van der Waals surface area contributed by atoms with E-state index in [9.17, 15) is 0 Å². The molecular formula is C16H26N2. The van der Waals surface area contributed by atoms with Gasteiger partial charge in [0.25, 0.3) is 0 Å². The van der Waals surface area contributed by atoms with E-state index in [1.807, 2.05) is 0 Å². The number of para-hydroxylation sites is 1. The van der Waals surface area contributed by atoms with E-state index in [-0.39, 0.29) is 0 Å². The van der Waals surface area contributed by atoms with Gasteiger partial charge in [0.2, 0.25) is 0 Å². The molecule has 1 aliphatic rings. The van der Waals surface area contributed by atoms with E-state index >= 15 is 0 Å². The van der Waals surface area contributed by atoms with E-state index in [1.165, 1.54) is 51.0 Å². The molecular weight excluding hydrogens is 220 g/mol. The number of hydrogen-bond acceptors (Lipinski definition) is 2. The molecule has 2 heteroatoms. The van der Waals surface area contributed by atoms with Gasteiger partial charge in [0.05, 0.1) is 0 Å². The van der Waals surface area contributed by atoms with E-state index in [1.54, 1.807) is 0 Å². The number of benzene rings is 1. The van der Waals surface area contributed by atoms with Crippen molar-refractivity contribution in [2.75, 3.05) is 37.6 Å². The Hall–Kier alpha value is -1.02. The Morgan fingerprint density at radius 1 is 1.00 bits per heavy atom. The standard InChI is InChI=1S/C16H26N2/c1-2-18(16-10-6-5-7-11-16)15-14-17-12-8-3-4-9-13-17/h5-7,10-11H,2-4,8-9,12-15H2,1H3. The smallest absolute Gasteiger partial charge is 0.0366 e. The molecule has 1 saturated heterocycles. The van der Waals surface area contributed by atoms with Crippen molar-refractivity contribution in [2.24, 2.45) is 0 Å². The van der Waals surface area contributed by atoms with Crippen LogP contribution < -0.4 is 4.90 Å². The Balaban J connectivity index is 1.83. The summed E-state index contributed by atoms with van der Waals surface area (Å²) >= 11 is 0. The third kappa shape index (κ3) is 4.02. The summed E-state index contributed by atoms with van der Waals surface area (Å²) in [6.07, 6.45) is 5.62. The van der Waals surface area contributed by atoms with Gasteiger partial charge < -0.3 is 9.80 Å². The van der Waals surface area contributed by atoms with Gasteiger partial charge in [0, 0.05) is 25.3 Å². The second-order valence-electron chi connectivity index (χ2n) is 5.17. The molecule has 0 spiro atoms. The van der Waals surface area contributed by atoms with Gasteiger partial charge in [-0.25, -0.2) is 0 Å². The molecule has 1 heterocycles. The number of rotatable bonds is 5. The quantitative estimate of drug-likeness (QED) is 0.786. The van der Waals surface area contributed by atoms with Crippen molar-refractivity contribution in [3.8, 4) is 0 Å². The predicted molar refractivity (Wildman–Crippen MR) is 79.2 cm³/mol. The minimum absolute atomic E-state index is 1.10. The Bertz CT molecular complexity index is 315. The lowest BCUT2D eigenvalue weighted by Crippen LogP contribution is -2.35. The lowest BCUT2D eigenvalue weighted by atomic mass is 10.2. The van der Waals surface area contributed by atoms with Crippen LogP contribution in [-0.2, 0) is 0 Å². The first kappa shape index (κ1) is 13.4. The van der Waals surface area contributed by atoms with Crippen LogP contribution in [0.3, 0.4) is 0 Å². The molecule has 0 bridgehead atoms. The topological polar surface area (TPSA) is 6.48 Å². The molecule has 2 nitrogen and oxygen atoms in total. The van der Waals surface area contributed by atoms with Crippen LogP contribution >= 0.6 is 0 Å². The highest BCUT2D eigenvalue weighted by Crippen LogP contribution is 2.14. The lowest BCUT2D eigenvalue weighted by Gasteiger charge is -2.27. The highest BCUT2D eigenvalue weighted by molar-refractivity contribution is 5.45. The summed E-state index contributed by atoms with van der Waals surface area (Å²) < 4.78 is 0. The van der Waals surface area contributed by atoms with Gasteiger partial charge in [-0.3, -0.25) is 0 Å². The van der Waals surface area contributed by atoms with Crippen LogP contribution in [0, 0.1) is 0 Å². The van der Waals surface area contributed by atoms with Crippen molar-refractivity contribution < 1.29 is 0 Å². The first-order chi connectivity index (χ1) is 8.90. The molecule has 1 fully saturated rings. The Kier molecular flexibility index (Phi) is 5.53. The summed E-state index contributed by atoms with van der Waals surface area (Å²) in [5.74, 6) is 0. The molecule has 2 rings (SSSR count). The van der Waals surface area contributed by atoms with Gasteiger partial charge in [0.1, 0.15) is 0 Å². The van der Waals surface area contributed by atoms with Crippen LogP contribution in [0.1, 0.15) is 32.6 Å². The Morgan fingerprint density at radius 2 is 1.67 bits per heavy atom. The van der Waals surface area contributed by atoms with E-state index in [0.29, 0.717) is 0 Å². The van der Waals surface area contributed by atoms with Gasteiger partial charge in [-0.15, -0.1) is 0 Å². The molecule has 0 saturated carbocycles. The summed E-state index contributed by atoms with van der Waals surface area (Å²) in [4.78, 5) is 5.11. The van der Waals surface area contributed by atoms with E-state index in [4.69, 9.17) is 0 Å². The minimum Gasteiger partial charge on any atom is -0.371 e. The molecule has 0 radical (unpaired) electrons. The molecule has 0 aromatic heterocycles. The second-order valence-corrected chi connectivity index (χ2v) is 5.17. The van der Waals surface area contributed by atoms with Crippen LogP contribution in [0.15, 0.2) is 30.3 Å². The molecule has 1 aromatic carbocycles. The third-order valence-corrected chi connectivity index (χ3v) is 3.89. The van der Waals surface area contributed by atoms with Crippen molar-refractivity contribution >= 4 is 5.69 Å². The van der Waals surface area contributed by atoms with Crippen LogP contribution in [0.5, 0.6) is 0 Å². The summed E-state index contributed by atoms with van der Waals surface area (Å²) in [6.45, 7) is 8.30. The van der Waals surface area contributed by atoms with Crippen LogP contribution in [0.2, 0.25) is 0 Å². The van der Waals surface area contributed by atoms with Crippen molar-refractivity contribution in [1.29, 1.82) is 0 Å². The van der Waals surface area contributed by atoms with Gasteiger partial charge >= 0.3 is 0 Å². The first-order valence-corrected chi connectivity index (χ1v) is 7.42. The number of likely N-dealkylation sites (N-methyl/N-ethyl adjacent to an activating group) is 1. The molecule has 0 atom stereocenters. The van der Waals surface area contributed by atoms with Crippen molar-refractivity contribution in [3.63, 3.8) is 0 Å². The maximum Gasteiger partial charge on any atom is 0.0366 e. The monoisotopic (exact) mass is 246 g/mol. The van der Waals surface area contributed by atoms with Crippen LogP contribution in [0.4, 0.5) is 5.69 Å². The van der Waals surface area contributed by atoms with E-state index in [2.05, 4.69) is 47.1 Å². The average molecular weight is 246 g/mol. The van der Waals surface area contributed by atoms with Gasteiger partial charge in [0.15, 0.2) is 0 Å². The van der Waals surface area contributed by atoms with Crippen LogP contribution in [0.25, 0.3) is 0 Å². The summed E-state index contributed by atoms with van der Waals surface area (Å²) in [5.41, 5.74) is 1.36. The normalized spacial score (nSPS) is 17.4. The van der Waals surface area contributed by atoms with Crippen molar-refractivity contribution in [2.45, 2.75) is 32.6 Å². The van der Waals surface area contributed by atoms with E-state index in [0.717, 1.165) is 13.1 Å². The number of nitrogens with zero attached hydrogens (tertiary/aromatic N) is 2. The zero-order chi connectivity index (χ0) is 12.6. The maximum atomic E-state index is 2.64. The summed E-state index contributed by atoms with van der Waals surface area (Å²) in [5, 5.41) is 0.